The number of benzene rings is 1. The van der Waals surface area contributed by atoms with Gasteiger partial charge in [-0.05, 0) is 43.2 Å². The fourth-order valence-corrected chi connectivity index (χ4v) is 2.82. The molecule has 1 aliphatic heterocycles. The van der Waals surface area contributed by atoms with Crippen LogP contribution in [0.25, 0.3) is 0 Å². The average Bonchev–Trinajstić information content (AvgIpc) is 3.30. The van der Waals surface area contributed by atoms with Crippen molar-refractivity contribution in [2.45, 2.75) is 18.4 Å². The molecule has 0 bridgehead atoms. The van der Waals surface area contributed by atoms with Crippen LogP contribution in [-0.4, -0.2) is 48.3 Å². The first kappa shape index (κ1) is 15.3. The summed E-state index contributed by atoms with van der Waals surface area (Å²) in [5.74, 6) is -0.474. The topological polar surface area (TPSA) is 69.7 Å². The van der Waals surface area contributed by atoms with Crippen LogP contribution in [0, 0.1) is 0 Å². The van der Waals surface area contributed by atoms with E-state index in [-0.39, 0.29) is 29.8 Å². The highest BCUT2D eigenvalue weighted by Crippen LogP contribution is 2.38. The number of amides is 3. The molecule has 1 aromatic carbocycles. The smallest absolute Gasteiger partial charge is 0.254 e. The lowest BCUT2D eigenvalue weighted by molar-refractivity contribution is -0.125. The van der Waals surface area contributed by atoms with Gasteiger partial charge in [0.15, 0.2) is 0 Å². The molecule has 1 N–H and O–H groups in total. The number of nitrogens with zero attached hydrogens (tertiary/aromatic N) is 2. The first-order chi connectivity index (χ1) is 10.9. The third kappa shape index (κ3) is 2.97. The Morgan fingerprint density at radius 3 is 2.52 bits per heavy atom. The molecule has 120 valence electrons. The van der Waals surface area contributed by atoms with Gasteiger partial charge in [-0.25, -0.2) is 0 Å². The molecule has 0 unspecified atom stereocenters. The van der Waals surface area contributed by atoms with Gasteiger partial charge in [0.1, 0.15) is 0 Å². The van der Waals surface area contributed by atoms with Crippen molar-refractivity contribution >= 4 is 23.4 Å². The van der Waals surface area contributed by atoms with Crippen LogP contribution in [0.3, 0.4) is 0 Å². The second kappa shape index (κ2) is 5.53. The lowest BCUT2D eigenvalue weighted by atomic mass is 10.1. The largest absolute Gasteiger partial charge is 0.347 e. The normalized spacial score (nSPS) is 18.3. The second-order valence-corrected chi connectivity index (χ2v) is 6.14. The quantitative estimate of drug-likeness (QED) is 0.844. The number of rotatable bonds is 3. The third-order valence-electron chi connectivity index (χ3n) is 4.38. The number of anilines is 1. The van der Waals surface area contributed by atoms with Gasteiger partial charge in [-0.2, -0.15) is 0 Å². The van der Waals surface area contributed by atoms with E-state index in [4.69, 9.17) is 0 Å². The summed E-state index contributed by atoms with van der Waals surface area (Å²) in [6, 6.07) is 6.78. The Labute approximate surface area is 134 Å². The van der Waals surface area contributed by atoms with Crippen molar-refractivity contribution < 1.29 is 14.4 Å². The van der Waals surface area contributed by atoms with Crippen LogP contribution < -0.4 is 10.2 Å². The summed E-state index contributed by atoms with van der Waals surface area (Å²) in [6.07, 6.45) is 3.09. The zero-order chi connectivity index (χ0) is 16.6. The number of likely N-dealkylation sites (N-methyl/N-ethyl adjacent to an activating group) is 1. The maximum absolute atomic E-state index is 12.6. The Balaban J connectivity index is 1.74. The Hall–Kier alpha value is -2.63. The van der Waals surface area contributed by atoms with E-state index in [9.17, 15) is 14.4 Å². The molecule has 23 heavy (non-hydrogen) atoms. The van der Waals surface area contributed by atoms with Crippen molar-refractivity contribution in [1.82, 2.24) is 10.2 Å². The fourth-order valence-electron chi connectivity index (χ4n) is 2.82. The molecule has 1 spiro atoms. The molecule has 6 heteroatoms. The average molecular weight is 313 g/mol. The third-order valence-corrected chi connectivity index (χ3v) is 4.38. The fraction of sp³-hybridized carbons (Fsp3) is 0.353. The molecular weight excluding hydrogens is 294 g/mol. The zero-order valence-corrected chi connectivity index (χ0v) is 13.0. The van der Waals surface area contributed by atoms with Crippen LogP contribution in [0.2, 0.25) is 0 Å². The molecule has 1 aromatic rings. The minimum Gasteiger partial charge on any atom is -0.347 e. The summed E-state index contributed by atoms with van der Waals surface area (Å²) >= 11 is 0. The molecule has 1 aliphatic carbocycles. The number of hydrogen-bond acceptors (Lipinski definition) is 3. The molecular formula is C17H19N3O3. The van der Waals surface area contributed by atoms with Crippen molar-refractivity contribution in [3.8, 4) is 0 Å². The van der Waals surface area contributed by atoms with Gasteiger partial charge in [-0.3, -0.25) is 14.4 Å². The highest BCUT2D eigenvalue weighted by Gasteiger charge is 2.49. The maximum Gasteiger partial charge on any atom is 0.254 e. The maximum atomic E-state index is 12.6. The number of piperazine rings is 1. The Morgan fingerprint density at radius 2 is 1.96 bits per heavy atom. The van der Waals surface area contributed by atoms with Gasteiger partial charge in [0, 0.05) is 24.8 Å². The second-order valence-electron chi connectivity index (χ2n) is 6.14. The first-order valence-electron chi connectivity index (χ1n) is 7.55. The summed E-state index contributed by atoms with van der Waals surface area (Å²) in [4.78, 5) is 39.0. The predicted octanol–water partition coefficient (Wildman–Crippen LogP) is 0.940. The van der Waals surface area contributed by atoms with Gasteiger partial charge in [-0.15, -0.1) is 0 Å². The molecule has 3 rings (SSSR count). The van der Waals surface area contributed by atoms with Crippen LogP contribution in [0.4, 0.5) is 5.69 Å². The van der Waals surface area contributed by atoms with E-state index in [1.165, 1.54) is 11.0 Å². The van der Waals surface area contributed by atoms with Crippen LogP contribution in [0.5, 0.6) is 0 Å². The SMILES string of the molecule is C=CC(=O)N(C)c1ccc(C(=O)N2CC(=O)NC3(CC3)C2)cc1. The van der Waals surface area contributed by atoms with Gasteiger partial charge in [0.2, 0.25) is 11.8 Å². The highest BCUT2D eigenvalue weighted by molar-refractivity contribution is 6.01. The Kier molecular flexibility index (Phi) is 3.67. The number of nitrogens with one attached hydrogen (secondary N) is 1. The molecule has 1 saturated carbocycles. The van der Waals surface area contributed by atoms with E-state index < -0.39 is 0 Å². The highest BCUT2D eigenvalue weighted by atomic mass is 16.2. The molecule has 0 radical (unpaired) electrons. The van der Waals surface area contributed by atoms with Crippen molar-refractivity contribution in [3.63, 3.8) is 0 Å². The predicted molar refractivity (Wildman–Crippen MR) is 86.1 cm³/mol. The molecule has 6 nitrogen and oxygen atoms in total. The van der Waals surface area contributed by atoms with Crippen molar-refractivity contribution in [2.24, 2.45) is 0 Å². The van der Waals surface area contributed by atoms with E-state index in [2.05, 4.69) is 11.9 Å². The molecule has 2 fully saturated rings. The first-order valence-corrected chi connectivity index (χ1v) is 7.55. The van der Waals surface area contributed by atoms with Crippen molar-refractivity contribution in [3.05, 3.63) is 42.5 Å². The van der Waals surface area contributed by atoms with Gasteiger partial charge in [0.25, 0.3) is 5.91 Å². The molecule has 2 aliphatic rings. The van der Waals surface area contributed by atoms with Crippen LogP contribution >= 0.6 is 0 Å². The van der Waals surface area contributed by atoms with E-state index in [1.807, 2.05) is 0 Å². The van der Waals surface area contributed by atoms with Crippen LogP contribution in [-0.2, 0) is 9.59 Å². The van der Waals surface area contributed by atoms with E-state index in [0.29, 0.717) is 17.8 Å². The zero-order valence-electron chi connectivity index (χ0n) is 13.0. The lowest BCUT2D eigenvalue weighted by Gasteiger charge is -2.33. The van der Waals surface area contributed by atoms with Gasteiger partial charge >= 0.3 is 0 Å². The van der Waals surface area contributed by atoms with Crippen molar-refractivity contribution in [2.75, 3.05) is 25.0 Å². The van der Waals surface area contributed by atoms with Crippen LogP contribution in [0.15, 0.2) is 36.9 Å². The van der Waals surface area contributed by atoms with Crippen LogP contribution in [0.1, 0.15) is 23.2 Å². The van der Waals surface area contributed by atoms with E-state index >= 15 is 0 Å². The number of hydrogen-bond donors (Lipinski definition) is 1. The Bertz CT molecular complexity index is 677. The standard InChI is InChI=1S/C17H19N3O3/c1-3-15(22)19(2)13-6-4-12(5-7-13)16(23)20-10-14(21)18-17(11-20)8-9-17/h3-7H,1,8-11H2,2H3,(H,18,21). The van der Waals surface area contributed by atoms with Gasteiger partial charge < -0.3 is 15.1 Å². The van der Waals surface area contributed by atoms with E-state index in [1.54, 1.807) is 36.2 Å². The molecule has 1 heterocycles. The molecule has 0 aromatic heterocycles. The molecule has 3 amide bonds. The summed E-state index contributed by atoms with van der Waals surface area (Å²) in [5.41, 5.74) is 1.00. The minimum absolute atomic E-state index is 0.0944. The number of carbonyl (C=O) groups is 3. The summed E-state index contributed by atoms with van der Waals surface area (Å²) < 4.78 is 0. The Morgan fingerprint density at radius 1 is 1.30 bits per heavy atom. The van der Waals surface area contributed by atoms with Gasteiger partial charge in [-0.1, -0.05) is 6.58 Å². The number of carbonyl (C=O) groups excluding carboxylic acids is 3. The monoisotopic (exact) mass is 313 g/mol. The molecule has 1 saturated heterocycles. The van der Waals surface area contributed by atoms with Crippen molar-refractivity contribution in [1.29, 1.82) is 0 Å². The van der Waals surface area contributed by atoms with E-state index in [0.717, 1.165) is 12.8 Å². The summed E-state index contributed by atoms with van der Waals surface area (Å²) in [5, 5.41) is 2.96. The molecule has 0 atom stereocenters. The summed E-state index contributed by atoms with van der Waals surface area (Å²) in [7, 11) is 1.65. The lowest BCUT2D eigenvalue weighted by Crippen LogP contribution is -2.57. The minimum atomic E-state index is -0.215. The summed E-state index contributed by atoms with van der Waals surface area (Å²) in [6.45, 7) is 4.11. The van der Waals surface area contributed by atoms with Gasteiger partial charge in [0.05, 0.1) is 12.1 Å².